The van der Waals surface area contributed by atoms with Crippen molar-refractivity contribution in [2.45, 2.75) is 0 Å². The average molecular weight is 187 g/mol. The van der Waals surface area contributed by atoms with Crippen molar-refractivity contribution in [3.8, 4) is 0 Å². The summed E-state index contributed by atoms with van der Waals surface area (Å²) in [5.41, 5.74) is 6.26. The van der Waals surface area contributed by atoms with Crippen LogP contribution in [0.3, 0.4) is 0 Å². The third kappa shape index (κ3) is 1.14. The Kier molecular flexibility index (Phi) is 2.05. The molecule has 0 saturated carbocycles. The zero-order valence-electron chi connectivity index (χ0n) is 6.02. The van der Waals surface area contributed by atoms with Crippen LogP contribution in [0, 0.1) is 0 Å². The molecule has 0 saturated heterocycles. The summed E-state index contributed by atoms with van der Waals surface area (Å²) in [6.07, 6.45) is 2.92. The second-order valence-electron chi connectivity index (χ2n) is 2.22. The van der Waals surface area contributed by atoms with Crippen LogP contribution >= 0.6 is 12.4 Å². The maximum atomic E-state index is 11.0. The normalized spacial score (nSPS) is 9.67. The van der Waals surface area contributed by atoms with Gasteiger partial charge in [0.05, 0.1) is 11.9 Å². The molecule has 0 spiro atoms. The Hall–Kier alpha value is -1.49. The maximum Gasteiger partial charge on any atom is 0.275 e. The lowest BCUT2D eigenvalue weighted by atomic mass is 10.5. The molecule has 0 unspecified atom stereocenters. The number of nitrogens with one attached hydrogen (secondary N) is 1. The van der Waals surface area contributed by atoms with E-state index in [1.807, 2.05) is 0 Å². The van der Waals surface area contributed by atoms with Gasteiger partial charge in [-0.25, -0.2) is 4.52 Å². The van der Waals surface area contributed by atoms with Gasteiger partial charge in [0, 0.05) is 0 Å². The average Bonchev–Trinajstić information content (AvgIpc) is 2.31. The van der Waals surface area contributed by atoms with Crippen LogP contribution in [-0.2, 0) is 0 Å². The lowest BCUT2D eigenvalue weighted by Crippen LogP contribution is -2.09. The smallest absolute Gasteiger partial charge is 0.275 e. The van der Waals surface area contributed by atoms with Crippen molar-refractivity contribution in [3.05, 3.63) is 28.9 Å². The van der Waals surface area contributed by atoms with Crippen molar-refractivity contribution in [2.75, 3.05) is 5.73 Å². The molecule has 0 aliphatic heterocycles. The lowest BCUT2D eigenvalue weighted by Gasteiger charge is -1.87. The summed E-state index contributed by atoms with van der Waals surface area (Å²) in [4.78, 5) is 13.5. The van der Waals surface area contributed by atoms with Gasteiger partial charge in [-0.3, -0.25) is 4.79 Å². The van der Waals surface area contributed by atoms with Crippen molar-refractivity contribution in [1.29, 1.82) is 0 Å². The van der Waals surface area contributed by atoms with E-state index in [2.05, 4.69) is 10.1 Å². The van der Waals surface area contributed by atoms with Gasteiger partial charge in [0.25, 0.3) is 5.56 Å². The number of rotatable bonds is 0. The van der Waals surface area contributed by atoms with Crippen LogP contribution in [0.15, 0.2) is 23.4 Å². The van der Waals surface area contributed by atoms with Crippen molar-refractivity contribution in [2.24, 2.45) is 0 Å². The quantitative estimate of drug-likeness (QED) is 0.609. The number of H-pyrrole nitrogens is 1. The zero-order valence-corrected chi connectivity index (χ0v) is 6.84. The van der Waals surface area contributed by atoms with Crippen LogP contribution in [0.5, 0.6) is 0 Å². The molecular weight excluding hydrogens is 180 g/mol. The van der Waals surface area contributed by atoms with Crippen LogP contribution < -0.4 is 11.3 Å². The Morgan fingerprint density at radius 2 is 2.33 bits per heavy atom. The van der Waals surface area contributed by atoms with Gasteiger partial charge >= 0.3 is 0 Å². The predicted molar refractivity (Wildman–Crippen MR) is 47.5 cm³/mol. The van der Waals surface area contributed by atoms with Crippen molar-refractivity contribution in [1.82, 2.24) is 14.6 Å². The molecule has 6 heteroatoms. The number of fused-ring (bicyclic) bond motifs is 1. The zero-order chi connectivity index (χ0) is 7.84. The second-order valence-corrected chi connectivity index (χ2v) is 2.22. The van der Waals surface area contributed by atoms with E-state index in [1.165, 1.54) is 10.8 Å². The van der Waals surface area contributed by atoms with E-state index in [4.69, 9.17) is 5.73 Å². The first kappa shape index (κ1) is 8.61. The summed E-state index contributed by atoms with van der Waals surface area (Å²) < 4.78 is 1.44. The molecule has 12 heavy (non-hydrogen) atoms. The first-order chi connectivity index (χ1) is 5.27. The number of aromatic amines is 1. The van der Waals surface area contributed by atoms with Crippen LogP contribution in [0.4, 0.5) is 5.69 Å². The van der Waals surface area contributed by atoms with Crippen LogP contribution in [-0.4, -0.2) is 14.6 Å². The molecule has 3 N–H and O–H groups in total. The number of anilines is 1. The van der Waals surface area contributed by atoms with Gasteiger partial charge in [-0.15, -0.1) is 12.4 Å². The summed E-state index contributed by atoms with van der Waals surface area (Å²) in [6, 6.07) is 1.58. The number of aromatic nitrogens is 3. The number of hydrogen-bond donors (Lipinski definition) is 2. The fourth-order valence-electron chi connectivity index (χ4n) is 0.961. The summed E-state index contributed by atoms with van der Waals surface area (Å²) >= 11 is 0. The molecule has 0 aliphatic rings. The molecule has 0 atom stereocenters. The molecule has 0 radical (unpaired) electrons. The molecule has 2 heterocycles. The Balaban J connectivity index is 0.000000720. The molecule has 0 bridgehead atoms. The lowest BCUT2D eigenvalue weighted by molar-refractivity contribution is 0.889. The Morgan fingerprint density at radius 1 is 1.58 bits per heavy atom. The predicted octanol–water partition coefficient (Wildman–Crippen LogP) is 0.0266. The summed E-state index contributed by atoms with van der Waals surface area (Å²) in [7, 11) is 0. The Labute approximate surface area is 73.6 Å². The molecule has 0 aliphatic carbocycles. The van der Waals surface area contributed by atoms with Gasteiger partial charge in [0.1, 0.15) is 11.8 Å². The van der Waals surface area contributed by atoms with Gasteiger partial charge in [-0.1, -0.05) is 0 Å². The minimum Gasteiger partial charge on any atom is -0.397 e. The number of nitrogen functional groups attached to an aromatic ring is 1. The molecule has 2 aromatic rings. The molecule has 64 valence electrons. The molecule has 0 fully saturated rings. The van der Waals surface area contributed by atoms with Gasteiger partial charge in [-0.05, 0) is 6.07 Å². The van der Waals surface area contributed by atoms with E-state index in [1.54, 1.807) is 12.3 Å². The van der Waals surface area contributed by atoms with Gasteiger partial charge in [0.15, 0.2) is 0 Å². The number of halogens is 1. The highest BCUT2D eigenvalue weighted by Crippen LogP contribution is 2.03. The van der Waals surface area contributed by atoms with Gasteiger partial charge in [0.2, 0.25) is 0 Å². The first-order valence-electron chi connectivity index (χ1n) is 3.09. The van der Waals surface area contributed by atoms with Crippen molar-refractivity contribution >= 4 is 23.6 Å². The van der Waals surface area contributed by atoms with Crippen LogP contribution in [0.2, 0.25) is 0 Å². The highest BCUT2D eigenvalue weighted by atomic mass is 35.5. The SMILES string of the molecule is Cl.Nc1cc2c(=O)[nH]cnn2c1. The Bertz CT molecular complexity index is 446. The summed E-state index contributed by atoms with van der Waals surface area (Å²) in [6.45, 7) is 0. The standard InChI is InChI=1S/C6H6N4O.ClH/c7-4-1-5-6(11)8-3-9-10(5)2-4;/h1-3H,7H2,(H,8,9,11);1H. The summed E-state index contributed by atoms with van der Waals surface area (Å²) in [5, 5.41) is 3.84. The minimum atomic E-state index is -0.184. The first-order valence-corrected chi connectivity index (χ1v) is 3.09. The molecular formula is C6H7ClN4O. The number of hydrogen-bond acceptors (Lipinski definition) is 3. The monoisotopic (exact) mass is 186 g/mol. The van der Waals surface area contributed by atoms with E-state index in [-0.39, 0.29) is 18.0 Å². The van der Waals surface area contributed by atoms with E-state index in [9.17, 15) is 4.79 Å². The maximum absolute atomic E-state index is 11.0. The highest BCUT2D eigenvalue weighted by molar-refractivity contribution is 5.85. The van der Waals surface area contributed by atoms with Gasteiger partial charge in [-0.2, -0.15) is 5.10 Å². The molecule has 0 amide bonds. The molecule has 2 rings (SSSR count). The minimum absolute atomic E-state index is 0. The topological polar surface area (TPSA) is 76.2 Å². The molecule has 0 aromatic carbocycles. The van der Waals surface area contributed by atoms with E-state index in [0.717, 1.165) is 0 Å². The molecule has 5 nitrogen and oxygen atoms in total. The van der Waals surface area contributed by atoms with Crippen molar-refractivity contribution < 1.29 is 0 Å². The molecule has 2 aromatic heterocycles. The highest BCUT2D eigenvalue weighted by Gasteiger charge is 1.98. The number of nitrogens with two attached hydrogens (primary N) is 1. The third-order valence-electron chi connectivity index (χ3n) is 1.43. The third-order valence-corrected chi connectivity index (χ3v) is 1.43. The van der Waals surface area contributed by atoms with Crippen LogP contribution in [0.1, 0.15) is 0 Å². The van der Waals surface area contributed by atoms with E-state index >= 15 is 0 Å². The van der Waals surface area contributed by atoms with E-state index in [0.29, 0.717) is 11.2 Å². The number of nitrogens with zero attached hydrogens (tertiary/aromatic N) is 2. The van der Waals surface area contributed by atoms with Crippen LogP contribution in [0.25, 0.3) is 5.52 Å². The Morgan fingerprint density at radius 3 is 3.00 bits per heavy atom. The largest absolute Gasteiger partial charge is 0.397 e. The van der Waals surface area contributed by atoms with Gasteiger partial charge < -0.3 is 10.7 Å². The van der Waals surface area contributed by atoms with E-state index < -0.39 is 0 Å². The van der Waals surface area contributed by atoms with Crippen molar-refractivity contribution in [3.63, 3.8) is 0 Å². The second kappa shape index (κ2) is 2.86. The fraction of sp³-hybridized carbons (Fsp3) is 0. The fourth-order valence-corrected chi connectivity index (χ4v) is 0.961. The summed E-state index contributed by atoms with van der Waals surface area (Å²) in [5.74, 6) is 0.